The first kappa shape index (κ1) is 3.71. The molecule has 0 atom stereocenters. The van der Waals surface area contributed by atoms with Gasteiger partial charge in [-0.3, -0.25) is 0 Å². The molecule has 8 heavy (non-hydrogen) atoms. The molecule has 0 spiro atoms. The lowest BCUT2D eigenvalue weighted by molar-refractivity contribution is 0.620. The van der Waals surface area contributed by atoms with Gasteiger partial charge in [0.25, 0.3) is 0 Å². The van der Waals surface area contributed by atoms with Gasteiger partial charge in [-0.1, -0.05) is 11.6 Å². The lowest BCUT2D eigenvalue weighted by Crippen LogP contribution is -1.89. The van der Waals surface area contributed by atoms with Crippen LogP contribution in [0.2, 0.25) is 0 Å². The number of rotatable bonds is 0. The topological polar surface area (TPSA) is 0 Å². The van der Waals surface area contributed by atoms with E-state index < -0.39 is 0 Å². The summed E-state index contributed by atoms with van der Waals surface area (Å²) in [5.41, 5.74) is 3.36. The van der Waals surface area contributed by atoms with Gasteiger partial charge in [-0.2, -0.15) is 0 Å². The zero-order valence-corrected chi connectivity index (χ0v) is 5.20. The Bertz CT molecular complexity index is 192. The fraction of sp³-hybridized carbons (Fsp3) is 0.750. The maximum absolute atomic E-state index is 2.52. The second kappa shape index (κ2) is 0.632. The van der Waals surface area contributed by atoms with E-state index in [9.17, 15) is 0 Å². The third kappa shape index (κ3) is 0.180. The van der Waals surface area contributed by atoms with Gasteiger partial charge in [0.05, 0.1) is 0 Å². The molecular weight excluding hydrogens is 96.1 g/mol. The summed E-state index contributed by atoms with van der Waals surface area (Å²) in [6.45, 7) is 2.27. The summed E-state index contributed by atoms with van der Waals surface area (Å²) < 4.78 is 0. The molecular formula is C8H10. The molecule has 42 valence electrons. The maximum atomic E-state index is 2.52. The summed E-state index contributed by atoms with van der Waals surface area (Å²) in [7, 11) is 0. The van der Waals surface area contributed by atoms with Gasteiger partial charge in [0, 0.05) is 0 Å². The van der Waals surface area contributed by atoms with Gasteiger partial charge in [0.2, 0.25) is 0 Å². The monoisotopic (exact) mass is 106 g/mol. The second-order valence-electron chi connectivity index (χ2n) is 3.96. The van der Waals surface area contributed by atoms with E-state index in [2.05, 4.69) is 13.0 Å². The van der Waals surface area contributed by atoms with Crippen LogP contribution in [0.4, 0.5) is 0 Å². The molecule has 0 unspecified atom stereocenters. The highest BCUT2D eigenvalue weighted by atomic mass is 14.9. The van der Waals surface area contributed by atoms with Crippen molar-refractivity contribution in [1.29, 1.82) is 0 Å². The highest BCUT2D eigenvalue weighted by Crippen LogP contribution is 2.91. The van der Waals surface area contributed by atoms with Gasteiger partial charge in [-0.15, -0.1) is 0 Å². The molecule has 0 aromatic rings. The molecule has 0 bridgehead atoms. The van der Waals surface area contributed by atoms with E-state index in [4.69, 9.17) is 0 Å². The van der Waals surface area contributed by atoms with Gasteiger partial charge >= 0.3 is 0 Å². The Hall–Kier alpha value is -0.260. The number of hydrogen-bond donors (Lipinski definition) is 0. The Kier molecular flexibility index (Phi) is 0.293. The van der Waals surface area contributed by atoms with Crippen molar-refractivity contribution in [2.45, 2.75) is 26.2 Å². The lowest BCUT2D eigenvalue weighted by Gasteiger charge is -2.04. The second-order valence-corrected chi connectivity index (χ2v) is 3.96. The fourth-order valence-electron chi connectivity index (χ4n) is 2.68. The Morgan fingerprint density at radius 2 is 2.25 bits per heavy atom. The average molecular weight is 106 g/mol. The first-order chi connectivity index (χ1) is 3.77. The molecule has 0 saturated heterocycles. The minimum Gasteiger partial charge on any atom is -0.0787 e. The fourth-order valence-corrected chi connectivity index (χ4v) is 2.68. The molecule has 3 aliphatic carbocycles. The van der Waals surface area contributed by atoms with Crippen LogP contribution in [0, 0.1) is 10.8 Å². The van der Waals surface area contributed by atoms with Crippen LogP contribution in [0.15, 0.2) is 11.6 Å². The first-order valence-corrected chi connectivity index (χ1v) is 3.45. The van der Waals surface area contributed by atoms with Crippen LogP contribution in [0.5, 0.6) is 0 Å². The zero-order valence-electron chi connectivity index (χ0n) is 5.20. The van der Waals surface area contributed by atoms with Crippen molar-refractivity contribution < 1.29 is 0 Å². The van der Waals surface area contributed by atoms with Gasteiger partial charge in [0.1, 0.15) is 0 Å². The van der Waals surface area contributed by atoms with Crippen LogP contribution in [0.3, 0.4) is 0 Å². The third-order valence-electron chi connectivity index (χ3n) is 3.25. The lowest BCUT2D eigenvalue weighted by atomic mass is 10.0. The molecule has 0 heteroatoms. The van der Waals surface area contributed by atoms with Crippen LogP contribution >= 0.6 is 0 Å². The Balaban J connectivity index is 2.17. The highest BCUT2D eigenvalue weighted by Gasteiger charge is 2.83. The average Bonchev–Trinajstić information content (AvgIpc) is 2.20. The molecule has 0 heterocycles. The molecule has 0 aliphatic heterocycles. The first-order valence-electron chi connectivity index (χ1n) is 3.45. The SMILES string of the molecule is CC1=CC23CC2(C1)C3. The van der Waals surface area contributed by atoms with E-state index in [1.807, 2.05) is 0 Å². The zero-order chi connectivity index (χ0) is 5.41. The maximum Gasteiger partial charge on any atom is -0.00441 e. The molecule has 2 saturated carbocycles. The molecule has 3 aliphatic rings. The van der Waals surface area contributed by atoms with E-state index in [0.717, 1.165) is 10.8 Å². The molecule has 0 N–H and O–H groups in total. The molecule has 0 aromatic heterocycles. The van der Waals surface area contributed by atoms with Crippen molar-refractivity contribution in [3.8, 4) is 0 Å². The Morgan fingerprint density at radius 1 is 1.50 bits per heavy atom. The van der Waals surface area contributed by atoms with E-state index in [1.165, 1.54) is 19.3 Å². The standard InChI is InChI=1S/C8H10/c1-6-2-7-4-8(7,3-6)5-7/h2H,3-5H2,1H3. The summed E-state index contributed by atoms with van der Waals surface area (Å²) in [5.74, 6) is 0. The van der Waals surface area contributed by atoms with Gasteiger partial charge in [-0.05, 0) is 37.0 Å². The molecule has 0 amide bonds. The van der Waals surface area contributed by atoms with Crippen LogP contribution in [-0.2, 0) is 0 Å². The minimum absolute atomic E-state index is 0.817. The van der Waals surface area contributed by atoms with E-state index in [-0.39, 0.29) is 0 Å². The number of allylic oxidation sites excluding steroid dienone is 2. The quantitative estimate of drug-likeness (QED) is 0.415. The molecule has 2 fully saturated rings. The largest absolute Gasteiger partial charge is 0.0787 e. The van der Waals surface area contributed by atoms with Crippen LogP contribution < -0.4 is 0 Å². The molecule has 0 aromatic carbocycles. The minimum atomic E-state index is 0.817. The van der Waals surface area contributed by atoms with Crippen LogP contribution in [0.25, 0.3) is 0 Å². The summed E-state index contributed by atoms with van der Waals surface area (Å²) >= 11 is 0. The van der Waals surface area contributed by atoms with Crippen molar-refractivity contribution in [3.05, 3.63) is 11.6 Å². The van der Waals surface area contributed by atoms with Gasteiger partial charge < -0.3 is 0 Å². The third-order valence-corrected chi connectivity index (χ3v) is 3.25. The summed E-state index contributed by atoms with van der Waals surface area (Å²) in [4.78, 5) is 0. The van der Waals surface area contributed by atoms with E-state index in [0.29, 0.717) is 0 Å². The number of hydrogen-bond acceptors (Lipinski definition) is 0. The van der Waals surface area contributed by atoms with E-state index >= 15 is 0 Å². The summed E-state index contributed by atoms with van der Waals surface area (Å²) in [5, 5.41) is 0. The van der Waals surface area contributed by atoms with Crippen LogP contribution in [-0.4, -0.2) is 0 Å². The van der Waals surface area contributed by atoms with Crippen molar-refractivity contribution in [1.82, 2.24) is 0 Å². The molecule has 0 nitrogen and oxygen atoms in total. The van der Waals surface area contributed by atoms with Gasteiger partial charge in [-0.25, -0.2) is 0 Å². The molecule has 0 radical (unpaired) electrons. The predicted octanol–water partition coefficient (Wildman–Crippen LogP) is 2.12. The smallest absolute Gasteiger partial charge is 0.00441 e. The van der Waals surface area contributed by atoms with Crippen LogP contribution in [0.1, 0.15) is 26.2 Å². The van der Waals surface area contributed by atoms with Crippen molar-refractivity contribution >= 4 is 0 Å². The summed E-state index contributed by atoms with van der Waals surface area (Å²) in [6, 6.07) is 0. The van der Waals surface area contributed by atoms with Crippen molar-refractivity contribution in [2.24, 2.45) is 10.8 Å². The van der Waals surface area contributed by atoms with Crippen molar-refractivity contribution in [2.75, 3.05) is 0 Å². The highest BCUT2D eigenvalue weighted by molar-refractivity contribution is 5.46. The molecule has 3 rings (SSSR count). The van der Waals surface area contributed by atoms with Crippen molar-refractivity contribution in [3.63, 3.8) is 0 Å². The van der Waals surface area contributed by atoms with E-state index in [1.54, 1.807) is 5.57 Å². The summed E-state index contributed by atoms with van der Waals surface area (Å²) in [6.07, 6.45) is 7.04. The van der Waals surface area contributed by atoms with Gasteiger partial charge in [0.15, 0.2) is 0 Å². The Labute approximate surface area is 49.6 Å². The normalized spacial score (nSPS) is 63.9. The predicted molar refractivity (Wildman–Crippen MR) is 32.5 cm³/mol. The Morgan fingerprint density at radius 3 is 2.50 bits per heavy atom.